The zero-order valence-corrected chi connectivity index (χ0v) is 16.8. The number of thioether (sulfide) groups is 1. The van der Waals surface area contributed by atoms with E-state index >= 15 is 0 Å². The van der Waals surface area contributed by atoms with Gasteiger partial charge >= 0.3 is 0 Å². The number of anilines is 1. The molecule has 27 heavy (non-hydrogen) atoms. The second-order valence-electron chi connectivity index (χ2n) is 6.72. The Balaban J connectivity index is 1.72. The first-order chi connectivity index (χ1) is 13.0. The van der Waals surface area contributed by atoms with Crippen LogP contribution in [0.3, 0.4) is 0 Å². The van der Waals surface area contributed by atoms with Crippen molar-refractivity contribution >= 4 is 23.4 Å². The minimum atomic E-state index is -0.295. The van der Waals surface area contributed by atoms with Crippen molar-refractivity contribution in [1.82, 2.24) is 14.8 Å². The topological polar surface area (TPSA) is 59.8 Å². The molecular weight excluding hydrogens is 356 g/mol. The lowest BCUT2D eigenvalue weighted by Crippen LogP contribution is -2.23. The highest BCUT2D eigenvalue weighted by Gasteiger charge is 2.20. The lowest BCUT2D eigenvalue weighted by molar-refractivity contribution is -0.115. The lowest BCUT2D eigenvalue weighted by atomic mass is 10.0. The molecule has 0 saturated carbocycles. The van der Waals surface area contributed by atoms with Crippen LogP contribution in [0.25, 0.3) is 11.4 Å². The quantitative estimate of drug-likeness (QED) is 0.628. The van der Waals surface area contributed by atoms with Crippen LogP contribution >= 0.6 is 11.8 Å². The van der Waals surface area contributed by atoms with Crippen LogP contribution in [0, 0.1) is 0 Å². The monoisotopic (exact) mass is 380 g/mol. The van der Waals surface area contributed by atoms with Crippen LogP contribution in [-0.4, -0.2) is 25.9 Å². The number of carbonyl (C=O) groups excluding carboxylic acids is 1. The third-order valence-corrected chi connectivity index (χ3v) is 5.49. The zero-order chi connectivity index (χ0) is 19.4. The molecule has 3 rings (SSSR count). The summed E-state index contributed by atoms with van der Waals surface area (Å²) in [6.07, 6.45) is 0. The highest BCUT2D eigenvalue weighted by Crippen LogP contribution is 2.28. The highest BCUT2D eigenvalue weighted by atomic mass is 32.2. The van der Waals surface area contributed by atoms with E-state index in [0.29, 0.717) is 11.1 Å². The smallest absolute Gasteiger partial charge is 0.237 e. The van der Waals surface area contributed by atoms with Gasteiger partial charge < -0.3 is 9.88 Å². The van der Waals surface area contributed by atoms with E-state index < -0.39 is 0 Å². The van der Waals surface area contributed by atoms with Crippen molar-refractivity contribution in [3.05, 3.63) is 60.2 Å². The number of benzene rings is 2. The molecular formula is C21H24N4OS. The van der Waals surface area contributed by atoms with Gasteiger partial charge in [0.25, 0.3) is 0 Å². The van der Waals surface area contributed by atoms with Gasteiger partial charge in [0, 0.05) is 18.3 Å². The van der Waals surface area contributed by atoms with Crippen molar-refractivity contribution in [2.75, 3.05) is 5.32 Å². The summed E-state index contributed by atoms with van der Waals surface area (Å²) in [6.45, 7) is 6.12. The van der Waals surface area contributed by atoms with Gasteiger partial charge in [-0.2, -0.15) is 0 Å². The van der Waals surface area contributed by atoms with Crippen LogP contribution in [0.4, 0.5) is 5.69 Å². The Kier molecular flexibility index (Phi) is 5.96. The van der Waals surface area contributed by atoms with Crippen LogP contribution in [-0.2, 0) is 11.8 Å². The van der Waals surface area contributed by atoms with E-state index in [1.165, 1.54) is 11.8 Å². The van der Waals surface area contributed by atoms with Gasteiger partial charge in [-0.05, 0) is 24.5 Å². The number of nitrogens with one attached hydrogen (secondary N) is 1. The second-order valence-corrected chi connectivity index (χ2v) is 8.03. The molecule has 1 atom stereocenters. The summed E-state index contributed by atoms with van der Waals surface area (Å²) in [5, 5.41) is 12.0. The lowest BCUT2D eigenvalue weighted by Gasteiger charge is -2.16. The van der Waals surface area contributed by atoms with E-state index in [2.05, 4.69) is 29.4 Å². The summed E-state index contributed by atoms with van der Waals surface area (Å²) in [4.78, 5) is 12.7. The molecule has 0 saturated heterocycles. The standard InChI is InChI=1S/C21H24N4OS/c1-14(2)17-12-8-9-13-18(17)22-20(26)15(3)27-21-24-23-19(25(21)4)16-10-6-5-7-11-16/h5-15H,1-4H3,(H,22,26). The van der Waals surface area contributed by atoms with Crippen LogP contribution in [0.15, 0.2) is 59.8 Å². The number of aromatic nitrogens is 3. The summed E-state index contributed by atoms with van der Waals surface area (Å²) < 4.78 is 1.92. The van der Waals surface area contributed by atoms with Gasteiger partial charge in [-0.1, -0.05) is 74.1 Å². The van der Waals surface area contributed by atoms with E-state index in [1.807, 2.05) is 73.1 Å². The van der Waals surface area contributed by atoms with Crippen molar-refractivity contribution in [1.29, 1.82) is 0 Å². The minimum absolute atomic E-state index is 0.0441. The summed E-state index contributed by atoms with van der Waals surface area (Å²) in [6, 6.07) is 17.8. The Labute approximate surface area is 164 Å². The van der Waals surface area contributed by atoms with E-state index in [-0.39, 0.29) is 11.2 Å². The number of para-hydroxylation sites is 1. The number of carbonyl (C=O) groups is 1. The Morgan fingerprint density at radius 2 is 1.67 bits per heavy atom. The molecule has 1 amide bonds. The second kappa shape index (κ2) is 8.39. The van der Waals surface area contributed by atoms with Crippen molar-refractivity contribution < 1.29 is 4.79 Å². The van der Waals surface area contributed by atoms with Crippen LogP contribution in [0.1, 0.15) is 32.3 Å². The minimum Gasteiger partial charge on any atom is -0.325 e. The molecule has 0 radical (unpaired) electrons. The van der Waals surface area contributed by atoms with E-state index in [1.54, 1.807) is 0 Å². The van der Waals surface area contributed by atoms with Gasteiger partial charge in [0.1, 0.15) is 0 Å². The maximum atomic E-state index is 12.7. The van der Waals surface area contributed by atoms with E-state index in [0.717, 1.165) is 22.6 Å². The number of hydrogen-bond donors (Lipinski definition) is 1. The largest absolute Gasteiger partial charge is 0.325 e. The normalized spacial score (nSPS) is 12.2. The number of rotatable bonds is 6. The average molecular weight is 381 g/mol. The molecule has 1 heterocycles. The first kappa shape index (κ1) is 19.2. The summed E-state index contributed by atoms with van der Waals surface area (Å²) in [5.41, 5.74) is 3.00. The number of hydrogen-bond acceptors (Lipinski definition) is 4. The summed E-state index contributed by atoms with van der Waals surface area (Å²) in [5.74, 6) is 1.09. The molecule has 0 aliphatic carbocycles. The fourth-order valence-corrected chi connectivity index (χ4v) is 3.63. The predicted octanol–water partition coefficient (Wildman–Crippen LogP) is 4.72. The highest BCUT2D eigenvalue weighted by molar-refractivity contribution is 8.00. The molecule has 0 aliphatic heterocycles. The van der Waals surface area contributed by atoms with Gasteiger partial charge in [0.05, 0.1) is 5.25 Å². The molecule has 5 nitrogen and oxygen atoms in total. The van der Waals surface area contributed by atoms with E-state index in [4.69, 9.17) is 0 Å². The van der Waals surface area contributed by atoms with Crippen molar-refractivity contribution in [2.45, 2.75) is 37.1 Å². The maximum absolute atomic E-state index is 12.7. The zero-order valence-electron chi connectivity index (χ0n) is 16.0. The molecule has 0 aliphatic rings. The first-order valence-corrected chi connectivity index (χ1v) is 9.86. The van der Waals surface area contributed by atoms with Crippen LogP contribution in [0.5, 0.6) is 0 Å². The average Bonchev–Trinajstić information content (AvgIpc) is 3.03. The molecule has 3 aromatic rings. The van der Waals surface area contributed by atoms with Gasteiger partial charge in [-0.15, -0.1) is 10.2 Å². The van der Waals surface area contributed by atoms with Crippen molar-refractivity contribution in [3.8, 4) is 11.4 Å². The molecule has 6 heteroatoms. The Bertz CT molecular complexity index is 921. The summed E-state index contributed by atoms with van der Waals surface area (Å²) in [7, 11) is 1.92. The van der Waals surface area contributed by atoms with Crippen molar-refractivity contribution in [3.63, 3.8) is 0 Å². The molecule has 1 aromatic heterocycles. The Morgan fingerprint density at radius 3 is 2.37 bits per heavy atom. The number of nitrogens with zero attached hydrogens (tertiary/aromatic N) is 3. The molecule has 0 fully saturated rings. The molecule has 0 spiro atoms. The maximum Gasteiger partial charge on any atom is 0.237 e. The molecule has 0 bridgehead atoms. The molecule has 2 aromatic carbocycles. The van der Waals surface area contributed by atoms with Gasteiger partial charge in [-0.3, -0.25) is 4.79 Å². The van der Waals surface area contributed by atoms with Crippen LogP contribution in [0.2, 0.25) is 0 Å². The number of amides is 1. The third-order valence-electron chi connectivity index (χ3n) is 4.36. The fraction of sp³-hybridized carbons (Fsp3) is 0.286. The fourth-order valence-electron chi connectivity index (χ4n) is 2.82. The Morgan fingerprint density at radius 1 is 1.00 bits per heavy atom. The van der Waals surface area contributed by atoms with Gasteiger partial charge in [-0.25, -0.2) is 0 Å². The van der Waals surface area contributed by atoms with E-state index in [9.17, 15) is 4.79 Å². The van der Waals surface area contributed by atoms with Gasteiger partial charge in [0.15, 0.2) is 11.0 Å². The Hall–Kier alpha value is -2.60. The third kappa shape index (κ3) is 4.39. The SMILES string of the molecule is CC(Sc1nnc(-c2ccccc2)n1C)C(=O)Nc1ccccc1C(C)C. The van der Waals surface area contributed by atoms with Crippen molar-refractivity contribution in [2.24, 2.45) is 7.05 Å². The molecule has 1 unspecified atom stereocenters. The van der Waals surface area contributed by atoms with Crippen LogP contribution < -0.4 is 5.32 Å². The van der Waals surface area contributed by atoms with Gasteiger partial charge in [0.2, 0.25) is 5.91 Å². The first-order valence-electron chi connectivity index (χ1n) is 8.98. The molecule has 1 N–H and O–H groups in total. The molecule has 140 valence electrons. The summed E-state index contributed by atoms with van der Waals surface area (Å²) >= 11 is 1.40. The predicted molar refractivity (Wildman–Crippen MR) is 111 cm³/mol.